The molecule has 4 aliphatic rings. The number of anilines is 2. The third kappa shape index (κ3) is 5.39. The van der Waals surface area contributed by atoms with Crippen LogP contribution in [0.25, 0.3) is 55.3 Å². The summed E-state index contributed by atoms with van der Waals surface area (Å²) < 4.78 is 20.9. The summed E-state index contributed by atoms with van der Waals surface area (Å²) in [5.74, 6) is 3.46. The van der Waals surface area contributed by atoms with Gasteiger partial charge in [0.25, 0.3) is 0 Å². The molecular formula is C69H43NO3. The highest BCUT2D eigenvalue weighted by Gasteiger charge is 2.53. The third-order valence-corrected chi connectivity index (χ3v) is 16.2. The van der Waals surface area contributed by atoms with Gasteiger partial charge < -0.3 is 18.8 Å². The predicted octanol–water partition coefficient (Wildman–Crippen LogP) is 17.5. The van der Waals surface area contributed by atoms with Gasteiger partial charge in [-0.1, -0.05) is 188 Å². The van der Waals surface area contributed by atoms with Crippen molar-refractivity contribution < 1.29 is 13.9 Å². The quantitative estimate of drug-likeness (QED) is 0.172. The lowest BCUT2D eigenvalue weighted by Crippen LogP contribution is -2.33. The minimum Gasteiger partial charge on any atom is -0.457 e. The molecule has 2 aliphatic heterocycles. The van der Waals surface area contributed by atoms with Gasteiger partial charge >= 0.3 is 0 Å². The van der Waals surface area contributed by atoms with Gasteiger partial charge in [-0.05, 0) is 116 Å². The maximum atomic E-state index is 7.27. The molecule has 12 aromatic rings. The molecule has 0 saturated carbocycles. The molecular weight excluding hydrogens is 891 g/mol. The van der Waals surface area contributed by atoms with Crippen molar-refractivity contribution in [1.82, 2.24) is 0 Å². The number of ether oxygens (including phenoxy) is 2. The van der Waals surface area contributed by atoms with Gasteiger partial charge in [0.15, 0.2) is 0 Å². The fraction of sp³-hybridized carbons (Fsp3) is 0.0435. The van der Waals surface area contributed by atoms with Crippen LogP contribution >= 0.6 is 0 Å². The molecule has 0 unspecified atom stereocenters. The van der Waals surface area contributed by atoms with Gasteiger partial charge in [-0.15, -0.1) is 0 Å². The second-order valence-electron chi connectivity index (χ2n) is 19.8. The lowest BCUT2D eigenvalue weighted by atomic mass is 9.65. The SMILES string of the molecule is c1ccc(-c2cc(CN(c3ccc4c(c3)C3(c5ccccc5O4)c4ccccc4-c4ccccc43)c3cccc4oc5ccccc5c34)cc3c2Oc2ccccc2C32c3ccccc3-c3ccccc32)cc1. The normalized spacial score (nSPS) is 14.2. The van der Waals surface area contributed by atoms with E-state index in [4.69, 9.17) is 13.9 Å². The van der Waals surface area contributed by atoms with E-state index in [-0.39, 0.29) is 0 Å². The summed E-state index contributed by atoms with van der Waals surface area (Å²) in [7, 11) is 0. The number of nitrogens with zero attached hydrogens (tertiary/aromatic N) is 1. The zero-order valence-corrected chi connectivity index (χ0v) is 39.6. The molecule has 1 aromatic heterocycles. The molecule has 11 aromatic carbocycles. The fourth-order valence-electron chi connectivity index (χ4n) is 13.4. The highest BCUT2D eigenvalue weighted by Crippen LogP contribution is 2.65. The average Bonchev–Trinajstić information content (AvgIpc) is 4.08. The Kier molecular flexibility index (Phi) is 8.33. The summed E-state index contributed by atoms with van der Waals surface area (Å²) >= 11 is 0. The maximum absolute atomic E-state index is 7.27. The summed E-state index contributed by atoms with van der Waals surface area (Å²) in [6, 6.07) is 90.4. The topological polar surface area (TPSA) is 34.8 Å². The Balaban J connectivity index is 0.983. The van der Waals surface area contributed by atoms with Crippen molar-refractivity contribution >= 4 is 33.3 Å². The van der Waals surface area contributed by atoms with Crippen LogP contribution in [0.1, 0.15) is 50.1 Å². The molecule has 0 atom stereocenters. The standard InChI is InChI=1S/C69H43NO3/c1-2-19-44(20-3-1)51-39-43(40-59-67(51)73-63-35-17-14-31-57(63)69(59)54-28-11-6-23-48(54)49-24-7-12-29-55(49)69)42-70(60-32-18-36-65-66(60)50-25-8-15-33-61(50)71-65)45-37-38-64-58(41-45)68(56-30-13-16-34-62(56)72-64)52-26-9-4-21-46(52)47-22-5-10-27-53(47)68/h1-41H,42H2. The molecule has 2 spiro atoms. The molecule has 0 N–H and O–H groups in total. The Labute approximate surface area is 422 Å². The number of hydrogen-bond acceptors (Lipinski definition) is 4. The molecule has 2 aliphatic carbocycles. The fourth-order valence-corrected chi connectivity index (χ4v) is 13.4. The molecule has 4 nitrogen and oxygen atoms in total. The monoisotopic (exact) mass is 933 g/mol. The van der Waals surface area contributed by atoms with E-state index in [1.807, 2.05) is 6.07 Å². The molecule has 0 saturated heterocycles. The van der Waals surface area contributed by atoms with E-state index in [2.05, 4.69) is 248 Å². The maximum Gasteiger partial charge on any atom is 0.140 e. The van der Waals surface area contributed by atoms with Crippen molar-refractivity contribution in [3.05, 3.63) is 299 Å². The van der Waals surface area contributed by atoms with Gasteiger partial charge in [0.05, 0.1) is 21.9 Å². The van der Waals surface area contributed by atoms with Crippen molar-refractivity contribution in [3.63, 3.8) is 0 Å². The second kappa shape index (κ2) is 15.1. The largest absolute Gasteiger partial charge is 0.457 e. The summed E-state index contributed by atoms with van der Waals surface area (Å²) in [6.45, 7) is 0.517. The molecule has 0 radical (unpaired) electrons. The predicted molar refractivity (Wildman–Crippen MR) is 293 cm³/mol. The van der Waals surface area contributed by atoms with Crippen LogP contribution in [0.3, 0.4) is 0 Å². The lowest BCUT2D eigenvalue weighted by Gasteiger charge is -2.41. The van der Waals surface area contributed by atoms with E-state index in [1.54, 1.807) is 0 Å². The van der Waals surface area contributed by atoms with Gasteiger partial charge in [-0.3, -0.25) is 0 Å². The van der Waals surface area contributed by atoms with Crippen LogP contribution in [0.4, 0.5) is 11.4 Å². The van der Waals surface area contributed by atoms with Gasteiger partial charge in [0.1, 0.15) is 34.2 Å². The molecule has 0 amide bonds. The Morgan fingerprint density at radius 3 is 1.49 bits per heavy atom. The van der Waals surface area contributed by atoms with Crippen LogP contribution in [0.2, 0.25) is 0 Å². The van der Waals surface area contributed by atoms with Gasteiger partial charge in [0, 0.05) is 45.4 Å². The minimum atomic E-state index is -0.658. The number of benzene rings is 11. The zero-order chi connectivity index (χ0) is 47.8. The first-order chi connectivity index (χ1) is 36.2. The van der Waals surface area contributed by atoms with Crippen molar-refractivity contribution in [2.75, 3.05) is 4.90 Å². The Morgan fingerprint density at radius 1 is 0.342 bits per heavy atom. The van der Waals surface area contributed by atoms with E-state index in [0.29, 0.717) is 6.54 Å². The van der Waals surface area contributed by atoms with Crippen LogP contribution in [0, 0.1) is 0 Å². The van der Waals surface area contributed by atoms with Crippen LogP contribution < -0.4 is 14.4 Å². The molecule has 3 heterocycles. The van der Waals surface area contributed by atoms with E-state index >= 15 is 0 Å². The van der Waals surface area contributed by atoms with Crippen molar-refractivity contribution in [1.29, 1.82) is 0 Å². The summed E-state index contributed by atoms with van der Waals surface area (Å²) in [4.78, 5) is 2.50. The zero-order valence-electron chi connectivity index (χ0n) is 39.6. The van der Waals surface area contributed by atoms with Crippen molar-refractivity contribution in [2.24, 2.45) is 0 Å². The van der Waals surface area contributed by atoms with Crippen LogP contribution in [0.15, 0.2) is 253 Å². The van der Waals surface area contributed by atoms with Crippen LogP contribution in [-0.2, 0) is 17.4 Å². The third-order valence-electron chi connectivity index (χ3n) is 16.2. The van der Waals surface area contributed by atoms with Gasteiger partial charge in [0.2, 0.25) is 0 Å². The summed E-state index contributed by atoms with van der Waals surface area (Å²) in [6.07, 6.45) is 0. The van der Waals surface area contributed by atoms with E-state index < -0.39 is 10.8 Å². The van der Waals surface area contributed by atoms with Gasteiger partial charge in [-0.2, -0.15) is 0 Å². The Bertz CT molecular complexity index is 4190. The number of rotatable bonds is 5. The minimum absolute atomic E-state index is 0.517. The smallest absolute Gasteiger partial charge is 0.140 e. The van der Waals surface area contributed by atoms with E-state index in [9.17, 15) is 0 Å². The lowest BCUT2D eigenvalue weighted by molar-refractivity contribution is 0.436. The first-order valence-corrected chi connectivity index (χ1v) is 25.2. The number of para-hydroxylation sites is 3. The molecule has 0 fully saturated rings. The number of fused-ring (bicyclic) bond motifs is 21. The van der Waals surface area contributed by atoms with Gasteiger partial charge in [-0.25, -0.2) is 0 Å². The number of furan rings is 1. The van der Waals surface area contributed by atoms with E-state index in [0.717, 1.165) is 95.3 Å². The van der Waals surface area contributed by atoms with Crippen LogP contribution in [0.5, 0.6) is 23.0 Å². The molecule has 342 valence electrons. The second-order valence-corrected chi connectivity index (χ2v) is 19.8. The first kappa shape index (κ1) is 40.4. The molecule has 4 heteroatoms. The first-order valence-electron chi connectivity index (χ1n) is 25.2. The highest BCUT2D eigenvalue weighted by atomic mass is 16.5. The number of hydrogen-bond donors (Lipinski definition) is 0. The average molecular weight is 934 g/mol. The molecule has 0 bridgehead atoms. The van der Waals surface area contributed by atoms with Crippen LogP contribution in [-0.4, -0.2) is 0 Å². The van der Waals surface area contributed by atoms with Crippen molar-refractivity contribution in [2.45, 2.75) is 17.4 Å². The van der Waals surface area contributed by atoms with E-state index in [1.165, 1.54) is 44.5 Å². The Hall–Kier alpha value is -9.38. The molecule has 73 heavy (non-hydrogen) atoms. The summed E-state index contributed by atoms with van der Waals surface area (Å²) in [5.41, 5.74) is 20.3. The van der Waals surface area contributed by atoms with Crippen molar-refractivity contribution in [3.8, 4) is 56.4 Å². The molecule has 16 rings (SSSR count). The summed E-state index contributed by atoms with van der Waals surface area (Å²) in [5, 5.41) is 2.14. The highest BCUT2D eigenvalue weighted by molar-refractivity contribution is 6.12. The Morgan fingerprint density at radius 2 is 0.849 bits per heavy atom.